The lowest BCUT2D eigenvalue weighted by molar-refractivity contribution is 0.289. The monoisotopic (exact) mass is 293 g/mol. The Morgan fingerprint density at radius 2 is 2.18 bits per heavy atom. The van der Waals surface area contributed by atoms with Crippen LogP contribution < -0.4 is 4.90 Å². The first-order valence-corrected chi connectivity index (χ1v) is 6.57. The molecule has 0 spiro atoms. The topological polar surface area (TPSA) is 30.3 Å². The second kappa shape index (κ2) is 5.52. The van der Waals surface area contributed by atoms with Crippen molar-refractivity contribution in [3.8, 4) is 6.07 Å². The van der Waals surface area contributed by atoms with Gasteiger partial charge in [-0.2, -0.15) is 5.26 Å². The van der Waals surface area contributed by atoms with Gasteiger partial charge in [-0.15, -0.1) is 0 Å². The summed E-state index contributed by atoms with van der Waals surface area (Å²) in [6.07, 6.45) is 1.13. The smallest absolute Gasteiger partial charge is 0.0866 e. The van der Waals surface area contributed by atoms with E-state index >= 15 is 0 Å². The normalized spacial score (nSPS) is 19.6. The third kappa shape index (κ3) is 2.99. The summed E-state index contributed by atoms with van der Waals surface area (Å²) >= 11 is 3.45. The van der Waals surface area contributed by atoms with E-state index in [0.717, 1.165) is 24.0 Å². The van der Waals surface area contributed by atoms with Crippen LogP contribution in [0.2, 0.25) is 0 Å². The lowest BCUT2D eigenvalue weighted by Gasteiger charge is -2.23. The number of nitriles is 1. The number of benzene rings is 1. The number of halogens is 1. The molecule has 1 unspecified atom stereocenters. The van der Waals surface area contributed by atoms with Crippen molar-refractivity contribution in [2.24, 2.45) is 0 Å². The van der Waals surface area contributed by atoms with Crippen LogP contribution >= 0.6 is 15.9 Å². The van der Waals surface area contributed by atoms with Gasteiger partial charge in [0.25, 0.3) is 0 Å². The Balaban J connectivity index is 1.98. The number of rotatable bonds is 3. The number of hydrogen-bond acceptors (Lipinski definition) is 3. The maximum Gasteiger partial charge on any atom is 0.0866 e. The number of nitrogens with zero attached hydrogens (tertiary/aromatic N) is 3. The van der Waals surface area contributed by atoms with Gasteiger partial charge in [0.15, 0.2) is 0 Å². The van der Waals surface area contributed by atoms with Gasteiger partial charge in [-0.1, -0.05) is 15.9 Å². The van der Waals surface area contributed by atoms with Gasteiger partial charge in [-0.05, 0) is 37.7 Å². The Bertz CT molecular complexity index is 410. The van der Waals surface area contributed by atoms with Crippen molar-refractivity contribution in [2.75, 3.05) is 31.6 Å². The summed E-state index contributed by atoms with van der Waals surface area (Å²) in [6.45, 7) is 2.60. The molecule has 17 heavy (non-hydrogen) atoms. The maximum absolute atomic E-state index is 8.70. The minimum absolute atomic E-state index is 0.498. The fourth-order valence-electron chi connectivity index (χ4n) is 2.23. The number of hydrogen-bond donors (Lipinski definition) is 0. The SMILES string of the molecule is CN(CC#N)C1CCN(c2ccc(Br)cc2)C1. The summed E-state index contributed by atoms with van der Waals surface area (Å²) in [4.78, 5) is 4.52. The summed E-state index contributed by atoms with van der Waals surface area (Å²) in [5.74, 6) is 0. The molecular formula is C13H16BrN3. The van der Waals surface area contributed by atoms with Gasteiger partial charge in [0.05, 0.1) is 12.6 Å². The first-order valence-electron chi connectivity index (χ1n) is 5.78. The molecule has 1 heterocycles. The molecule has 0 saturated carbocycles. The van der Waals surface area contributed by atoms with Crippen molar-refractivity contribution in [3.05, 3.63) is 28.7 Å². The predicted molar refractivity (Wildman–Crippen MR) is 73.0 cm³/mol. The van der Waals surface area contributed by atoms with Crippen LogP contribution in [0, 0.1) is 11.3 Å². The van der Waals surface area contributed by atoms with Crippen LogP contribution in [0.4, 0.5) is 5.69 Å². The fourth-order valence-corrected chi connectivity index (χ4v) is 2.49. The van der Waals surface area contributed by atoms with Crippen molar-refractivity contribution < 1.29 is 0 Å². The third-order valence-corrected chi connectivity index (χ3v) is 3.83. The molecule has 0 N–H and O–H groups in total. The largest absolute Gasteiger partial charge is 0.370 e. The lowest BCUT2D eigenvalue weighted by atomic mass is 10.2. The van der Waals surface area contributed by atoms with Crippen LogP contribution in [0.25, 0.3) is 0 Å². The average molecular weight is 294 g/mol. The highest BCUT2D eigenvalue weighted by molar-refractivity contribution is 9.10. The van der Waals surface area contributed by atoms with Crippen molar-refractivity contribution in [1.82, 2.24) is 4.90 Å². The van der Waals surface area contributed by atoms with E-state index in [9.17, 15) is 0 Å². The van der Waals surface area contributed by atoms with E-state index in [4.69, 9.17) is 5.26 Å². The summed E-state index contributed by atoms with van der Waals surface area (Å²) < 4.78 is 1.11. The van der Waals surface area contributed by atoms with E-state index in [1.165, 1.54) is 5.69 Å². The van der Waals surface area contributed by atoms with Crippen molar-refractivity contribution in [2.45, 2.75) is 12.5 Å². The Morgan fingerprint density at radius 3 is 2.82 bits per heavy atom. The van der Waals surface area contributed by atoms with E-state index in [0.29, 0.717) is 12.6 Å². The Kier molecular flexibility index (Phi) is 4.03. The number of anilines is 1. The quantitative estimate of drug-likeness (QED) is 0.802. The molecule has 0 aromatic heterocycles. The molecule has 4 heteroatoms. The summed E-state index contributed by atoms with van der Waals surface area (Å²) in [5, 5.41) is 8.70. The highest BCUT2D eigenvalue weighted by Gasteiger charge is 2.25. The summed E-state index contributed by atoms with van der Waals surface area (Å²) in [5.41, 5.74) is 1.26. The van der Waals surface area contributed by atoms with Crippen LogP contribution in [-0.4, -0.2) is 37.6 Å². The second-order valence-electron chi connectivity index (χ2n) is 4.44. The minimum atomic E-state index is 0.498. The molecular weight excluding hydrogens is 278 g/mol. The second-order valence-corrected chi connectivity index (χ2v) is 5.35. The average Bonchev–Trinajstić information content (AvgIpc) is 2.80. The Morgan fingerprint density at radius 1 is 1.47 bits per heavy atom. The Hall–Kier alpha value is -1.05. The van der Waals surface area contributed by atoms with Crippen LogP contribution in [0.3, 0.4) is 0 Å². The molecule has 1 aromatic carbocycles. The van der Waals surface area contributed by atoms with Gasteiger partial charge in [0.2, 0.25) is 0 Å². The molecule has 1 atom stereocenters. The van der Waals surface area contributed by atoms with E-state index in [2.05, 4.69) is 56.1 Å². The standard InChI is InChI=1S/C13H16BrN3/c1-16(9-7-15)13-6-8-17(10-13)12-4-2-11(14)3-5-12/h2-5,13H,6,8-10H2,1H3. The maximum atomic E-state index is 8.70. The van der Waals surface area contributed by atoms with Crippen molar-refractivity contribution in [1.29, 1.82) is 5.26 Å². The van der Waals surface area contributed by atoms with Crippen LogP contribution in [-0.2, 0) is 0 Å². The molecule has 1 aliphatic heterocycles. The van der Waals surface area contributed by atoms with Gasteiger partial charge < -0.3 is 4.90 Å². The molecule has 2 rings (SSSR count). The third-order valence-electron chi connectivity index (χ3n) is 3.30. The summed E-state index contributed by atoms with van der Waals surface area (Å²) in [7, 11) is 2.03. The molecule has 1 saturated heterocycles. The molecule has 1 aromatic rings. The molecule has 3 nitrogen and oxygen atoms in total. The first-order chi connectivity index (χ1) is 8.20. The van der Waals surface area contributed by atoms with Gasteiger partial charge in [-0.25, -0.2) is 0 Å². The minimum Gasteiger partial charge on any atom is -0.370 e. The first kappa shape index (κ1) is 12.4. The van der Waals surface area contributed by atoms with Gasteiger partial charge in [0.1, 0.15) is 0 Å². The van der Waals surface area contributed by atoms with Crippen LogP contribution in [0.15, 0.2) is 28.7 Å². The highest BCUT2D eigenvalue weighted by atomic mass is 79.9. The summed E-state index contributed by atoms with van der Waals surface area (Å²) in [6, 6.07) is 11.1. The van der Waals surface area contributed by atoms with Gasteiger partial charge >= 0.3 is 0 Å². The molecule has 0 aliphatic carbocycles. The zero-order valence-corrected chi connectivity index (χ0v) is 11.5. The molecule has 1 aliphatic rings. The van der Waals surface area contributed by atoms with E-state index in [-0.39, 0.29) is 0 Å². The van der Waals surface area contributed by atoms with Crippen molar-refractivity contribution >= 4 is 21.6 Å². The van der Waals surface area contributed by atoms with Crippen LogP contribution in [0.1, 0.15) is 6.42 Å². The van der Waals surface area contributed by atoms with E-state index in [1.807, 2.05) is 7.05 Å². The van der Waals surface area contributed by atoms with Gasteiger partial charge in [0, 0.05) is 29.3 Å². The van der Waals surface area contributed by atoms with Gasteiger partial charge in [-0.3, -0.25) is 4.90 Å². The molecule has 0 bridgehead atoms. The Labute approximate surface area is 111 Å². The fraction of sp³-hybridized carbons (Fsp3) is 0.462. The molecule has 0 radical (unpaired) electrons. The van der Waals surface area contributed by atoms with Crippen molar-refractivity contribution in [3.63, 3.8) is 0 Å². The zero-order valence-electron chi connectivity index (χ0n) is 9.93. The molecule has 90 valence electrons. The zero-order chi connectivity index (χ0) is 12.3. The molecule has 1 fully saturated rings. The van der Waals surface area contributed by atoms with E-state index < -0.39 is 0 Å². The lowest BCUT2D eigenvalue weighted by Crippen LogP contribution is -2.34. The van der Waals surface area contributed by atoms with Crippen LogP contribution in [0.5, 0.6) is 0 Å². The predicted octanol–water partition coefficient (Wildman–Crippen LogP) is 2.48. The number of likely N-dealkylation sites (N-methyl/N-ethyl adjacent to an activating group) is 1. The highest BCUT2D eigenvalue weighted by Crippen LogP contribution is 2.24. The van der Waals surface area contributed by atoms with E-state index in [1.54, 1.807) is 0 Å². The molecule has 0 amide bonds.